The van der Waals surface area contributed by atoms with Crippen molar-refractivity contribution in [2.24, 2.45) is 0 Å². The lowest BCUT2D eigenvalue weighted by Gasteiger charge is -2.19. The second-order valence-electron chi connectivity index (χ2n) is 5.24. The highest BCUT2D eigenvalue weighted by Gasteiger charge is 2.22. The Hall–Kier alpha value is -1.46. The number of benzene rings is 1. The SMILES string of the molecule is CC(OCC1CCCO1)C(=O)OC(C)c1cccc(F)c1. The van der Waals surface area contributed by atoms with Crippen LogP contribution in [0.5, 0.6) is 0 Å². The highest BCUT2D eigenvalue weighted by Crippen LogP contribution is 2.19. The third-order valence-electron chi connectivity index (χ3n) is 3.50. The molecule has 0 radical (unpaired) electrons. The molecule has 0 amide bonds. The summed E-state index contributed by atoms with van der Waals surface area (Å²) in [6, 6.07) is 6.02. The Morgan fingerprint density at radius 2 is 2.29 bits per heavy atom. The van der Waals surface area contributed by atoms with Crippen molar-refractivity contribution in [3.05, 3.63) is 35.6 Å². The number of halogens is 1. The Kier molecular flexibility index (Phi) is 5.70. The Morgan fingerprint density at radius 1 is 1.48 bits per heavy atom. The first-order chi connectivity index (χ1) is 10.1. The Morgan fingerprint density at radius 3 is 2.95 bits per heavy atom. The van der Waals surface area contributed by atoms with Crippen LogP contribution in [-0.2, 0) is 19.0 Å². The Balaban J connectivity index is 1.79. The van der Waals surface area contributed by atoms with Gasteiger partial charge in [0.1, 0.15) is 11.9 Å². The average molecular weight is 296 g/mol. The van der Waals surface area contributed by atoms with Gasteiger partial charge in [0.25, 0.3) is 0 Å². The third-order valence-corrected chi connectivity index (χ3v) is 3.50. The molecule has 0 aliphatic carbocycles. The summed E-state index contributed by atoms with van der Waals surface area (Å²) < 4.78 is 29.3. The van der Waals surface area contributed by atoms with E-state index in [0.717, 1.165) is 19.4 Å². The number of carbonyl (C=O) groups is 1. The van der Waals surface area contributed by atoms with Gasteiger partial charge in [0.15, 0.2) is 6.10 Å². The molecule has 2 rings (SSSR count). The Bertz CT molecular complexity index is 471. The third kappa shape index (κ3) is 4.79. The van der Waals surface area contributed by atoms with Gasteiger partial charge in [-0.3, -0.25) is 0 Å². The normalized spacial score (nSPS) is 21.0. The second-order valence-corrected chi connectivity index (χ2v) is 5.24. The van der Waals surface area contributed by atoms with Crippen molar-refractivity contribution in [1.82, 2.24) is 0 Å². The van der Waals surface area contributed by atoms with Crippen molar-refractivity contribution in [2.45, 2.75) is 45.0 Å². The first-order valence-electron chi connectivity index (χ1n) is 7.25. The zero-order chi connectivity index (χ0) is 15.2. The van der Waals surface area contributed by atoms with Crippen LogP contribution in [0.4, 0.5) is 4.39 Å². The molecular formula is C16H21FO4. The van der Waals surface area contributed by atoms with E-state index in [1.54, 1.807) is 26.0 Å². The molecule has 1 aromatic carbocycles. The smallest absolute Gasteiger partial charge is 0.335 e. The molecule has 4 nitrogen and oxygen atoms in total. The first-order valence-corrected chi connectivity index (χ1v) is 7.25. The summed E-state index contributed by atoms with van der Waals surface area (Å²) in [7, 11) is 0. The van der Waals surface area contributed by atoms with E-state index in [-0.39, 0.29) is 11.9 Å². The van der Waals surface area contributed by atoms with Crippen molar-refractivity contribution in [1.29, 1.82) is 0 Å². The van der Waals surface area contributed by atoms with E-state index >= 15 is 0 Å². The molecule has 1 aliphatic rings. The van der Waals surface area contributed by atoms with Gasteiger partial charge in [-0.05, 0) is 44.4 Å². The zero-order valence-electron chi connectivity index (χ0n) is 12.4. The highest BCUT2D eigenvalue weighted by atomic mass is 19.1. The summed E-state index contributed by atoms with van der Waals surface area (Å²) in [4.78, 5) is 11.9. The zero-order valence-corrected chi connectivity index (χ0v) is 12.4. The topological polar surface area (TPSA) is 44.8 Å². The van der Waals surface area contributed by atoms with Gasteiger partial charge in [-0.15, -0.1) is 0 Å². The summed E-state index contributed by atoms with van der Waals surface area (Å²) in [5.41, 5.74) is 0.620. The van der Waals surface area contributed by atoms with Gasteiger partial charge < -0.3 is 14.2 Å². The number of esters is 1. The molecule has 0 N–H and O–H groups in total. The number of hydrogen-bond acceptors (Lipinski definition) is 4. The van der Waals surface area contributed by atoms with Crippen molar-refractivity contribution in [3.8, 4) is 0 Å². The lowest BCUT2D eigenvalue weighted by Crippen LogP contribution is -2.28. The standard InChI is InChI=1S/C16H21FO4/c1-11(13-5-3-6-14(17)9-13)21-16(18)12(2)20-10-15-7-4-8-19-15/h3,5-6,9,11-12,15H,4,7-8,10H2,1-2H3. The maximum atomic E-state index is 13.1. The molecule has 116 valence electrons. The summed E-state index contributed by atoms with van der Waals surface area (Å²) in [6.45, 7) is 4.50. The van der Waals surface area contributed by atoms with Crippen molar-refractivity contribution < 1.29 is 23.4 Å². The summed E-state index contributed by atoms with van der Waals surface area (Å²) in [5.74, 6) is -0.803. The van der Waals surface area contributed by atoms with Crippen LogP contribution >= 0.6 is 0 Å². The van der Waals surface area contributed by atoms with Crippen LogP contribution in [0.3, 0.4) is 0 Å². The molecule has 21 heavy (non-hydrogen) atoms. The molecule has 1 fully saturated rings. The lowest BCUT2D eigenvalue weighted by molar-refractivity contribution is -0.162. The van der Waals surface area contributed by atoms with Gasteiger partial charge >= 0.3 is 5.97 Å². The average Bonchev–Trinajstić information content (AvgIpc) is 2.97. The van der Waals surface area contributed by atoms with Crippen molar-refractivity contribution >= 4 is 5.97 Å². The molecule has 0 aromatic heterocycles. The van der Waals surface area contributed by atoms with E-state index in [1.165, 1.54) is 12.1 Å². The molecule has 1 heterocycles. The van der Waals surface area contributed by atoms with E-state index in [0.29, 0.717) is 12.2 Å². The van der Waals surface area contributed by atoms with Crippen molar-refractivity contribution in [2.75, 3.05) is 13.2 Å². The van der Waals surface area contributed by atoms with Crippen LogP contribution in [0.2, 0.25) is 0 Å². The Labute approximate surface area is 124 Å². The quantitative estimate of drug-likeness (QED) is 0.757. The predicted octanol–water partition coefficient (Wildman–Crippen LogP) is 3.01. The number of carbonyl (C=O) groups excluding carboxylic acids is 1. The van der Waals surface area contributed by atoms with E-state index in [2.05, 4.69) is 0 Å². The molecule has 3 unspecified atom stereocenters. The fourth-order valence-corrected chi connectivity index (χ4v) is 2.19. The minimum Gasteiger partial charge on any atom is -0.456 e. The molecular weight excluding hydrogens is 275 g/mol. The molecule has 0 bridgehead atoms. The largest absolute Gasteiger partial charge is 0.456 e. The highest BCUT2D eigenvalue weighted by molar-refractivity contribution is 5.74. The van der Waals surface area contributed by atoms with Gasteiger partial charge in [0.2, 0.25) is 0 Å². The fourth-order valence-electron chi connectivity index (χ4n) is 2.19. The predicted molar refractivity (Wildman–Crippen MR) is 75.3 cm³/mol. The minimum absolute atomic E-state index is 0.0703. The van der Waals surface area contributed by atoms with Crippen LogP contribution < -0.4 is 0 Å². The molecule has 5 heteroatoms. The van der Waals surface area contributed by atoms with E-state index in [1.807, 2.05) is 0 Å². The molecule has 1 aromatic rings. The molecule has 0 spiro atoms. The van der Waals surface area contributed by atoms with Gasteiger partial charge in [0.05, 0.1) is 12.7 Å². The van der Waals surface area contributed by atoms with Gasteiger partial charge in [-0.25, -0.2) is 9.18 Å². The fraction of sp³-hybridized carbons (Fsp3) is 0.562. The number of hydrogen-bond donors (Lipinski definition) is 0. The van der Waals surface area contributed by atoms with Gasteiger partial charge in [-0.1, -0.05) is 12.1 Å². The number of ether oxygens (including phenoxy) is 3. The second kappa shape index (κ2) is 7.52. The minimum atomic E-state index is -0.662. The lowest BCUT2D eigenvalue weighted by atomic mass is 10.1. The van der Waals surface area contributed by atoms with Gasteiger partial charge in [0, 0.05) is 6.61 Å². The summed E-state index contributed by atoms with van der Waals surface area (Å²) >= 11 is 0. The molecule has 3 atom stereocenters. The van der Waals surface area contributed by atoms with Crippen molar-refractivity contribution in [3.63, 3.8) is 0 Å². The van der Waals surface area contributed by atoms with Crippen LogP contribution in [0.25, 0.3) is 0 Å². The van der Waals surface area contributed by atoms with Crippen LogP contribution in [0.15, 0.2) is 24.3 Å². The maximum Gasteiger partial charge on any atom is 0.335 e. The van der Waals surface area contributed by atoms with E-state index < -0.39 is 18.2 Å². The molecule has 1 aliphatic heterocycles. The molecule has 1 saturated heterocycles. The maximum absolute atomic E-state index is 13.1. The van der Waals surface area contributed by atoms with Crippen LogP contribution in [0, 0.1) is 5.82 Å². The summed E-state index contributed by atoms with van der Waals surface area (Å²) in [6.07, 6.45) is 0.887. The first kappa shape index (κ1) is 15.9. The van der Waals surface area contributed by atoms with Gasteiger partial charge in [-0.2, -0.15) is 0 Å². The van der Waals surface area contributed by atoms with Crippen LogP contribution in [0.1, 0.15) is 38.4 Å². The van der Waals surface area contributed by atoms with E-state index in [4.69, 9.17) is 14.2 Å². The monoisotopic (exact) mass is 296 g/mol. The van der Waals surface area contributed by atoms with E-state index in [9.17, 15) is 9.18 Å². The molecule has 0 saturated carbocycles. The van der Waals surface area contributed by atoms with Crippen LogP contribution in [-0.4, -0.2) is 31.4 Å². The summed E-state index contributed by atoms with van der Waals surface area (Å²) in [5, 5.41) is 0. The number of rotatable bonds is 6.